The first-order valence-electron chi connectivity index (χ1n) is 7.55. The lowest BCUT2D eigenvalue weighted by Crippen LogP contribution is -2.50. The number of aromatic nitrogens is 2. The van der Waals surface area contributed by atoms with Gasteiger partial charge in [0.1, 0.15) is 17.8 Å². The monoisotopic (exact) mass is 279 g/mol. The maximum Gasteiger partial charge on any atom is 0.132 e. The first kappa shape index (κ1) is 13.7. The van der Waals surface area contributed by atoms with Crippen LogP contribution in [-0.4, -0.2) is 41.4 Å². The van der Waals surface area contributed by atoms with Crippen molar-refractivity contribution in [2.75, 3.05) is 18.1 Å². The summed E-state index contributed by atoms with van der Waals surface area (Å²) >= 11 is 0. The van der Waals surface area contributed by atoms with E-state index in [-0.39, 0.29) is 12.1 Å². The largest absolute Gasteiger partial charge is 0.379 e. The Balaban J connectivity index is 1.90. The van der Waals surface area contributed by atoms with Gasteiger partial charge in [0.15, 0.2) is 0 Å². The third-order valence-electron chi connectivity index (χ3n) is 4.33. The van der Waals surface area contributed by atoms with Gasteiger partial charge in [-0.05, 0) is 32.3 Å². The molecule has 1 aromatic heterocycles. The molecule has 1 saturated heterocycles. The number of anilines is 1. The third kappa shape index (κ3) is 2.77. The SMILES string of the molecule is Cc1nccc(N(C2CCOC2)[C@@H]2CCCC[C@H]2F)n1. The summed E-state index contributed by atoms with van der Waals surface area (Å²) in [5, 5.41) is 0. The van der Waals surface area contributed by atoms with E-state index in [2.05, 4.69) is 14.9 Å². The summed E-state index contributed by atoms with van der Waals surface area (Å²) < 4.78 is 19.9. The molecule has 1 aliphatic carbocycles. The van der Waals surface area contributed by atoms with E-state index in [4.69, 9.17) is 4.74 Å². The zero-order valence-electron chi connectivity index (χ0n) is 12.0. The summed E-state index contributed by atoms with van der Waals surface area (Å²) in [7, 11) is 0. The fraction of sp³-hybridized carbons (Fsp3) is 0.733. The first-order chi connectivity index (χ1) is 9.75. The molecule has 0 N–H and O–H groups in total. The van der Waals surface area contributed by atoms with Crippen molar-refractivity contribution in [2.24, 2.45) is 0 Å². The molecule has 1 aromatic rings. The summed E-state index contributed by atoms with van der Waals surface area (Å²) in [6.07, 6.45) is 5.61. The Morgan fingerprint density at radius 3 is 2.85 bits per heavy atom. The molecule has 1 saturated carbocycles. The van der Waals surface area contributed by atoms with Crippen molar-refractivity contribution in [1.29, 1.82) is 0 Å². The number of halogens is 1. The number of alkyl halides is 1. The van der Waals surface area contributed by atoms with Gasteiger partial charge in [-0.25, -0.2) is 14.4 Å². The molecule has 2 aliphatic rings. The second-order valence-corrected chi connectivity index (χ2v) is 5.75. The van der Waals surface area contributed by atoms with Gasteiger partial charge in [-0.3, -0.25) is 0 Å². The van der Waals surface area contributed by atoms with Crippen LogP contribution >= 0.6 is 0 Å². The highest BCUT2D eigenvalue weighted by Crippen LogP contribution is 2.32. The number of rotatable bonds is 3. The molecule has 3 atom stereocenters. The summed E-state index contributed by atoms with van der Waals surface area (Å²) in [6.45, 7) is 3.31. The van der Waals surface area contributed by atoms with Gasteiger partial charge in [-0.15, -0.1) is 0 Å². The maximum atomic E-state index is 14.4. The van der Waals surface area contributed by atoms with Crippen LogP contribution in [0.1, 0.15) is 37.9 Å². The molecule has 3 rings (SSSR count). The van der Waals surface area contributed by atoms with E-state index in [1.807, 2.05) is 13.0 Å². The Morgan fingerprint density at radius 2 is 2.15 bits per heavy atom. The zero-order chi connectivity index (χ0) is 13.9. The van der Waals surface area contributed by atoms with Crippen LogP contribution in [0.25, 0.3) is 0 Å². The van der Waals surface area contributed by atoms with Crippen LogP contribution in [0.15, 0.2) is 12.3 Å². The maximum absolute atomic E-state index is 14.4. The highest BCUT2D eigenvalue weighted by Gasteiger charge is 2.36. The highest BCUT2D eigenvalue weighted by molar-refractivity contribution is 5.41. The van der Waals surface area contributed by atoms with Gasteiger partial charge in [0, 0.05) is 12.8 Å². The topological polar surface area (TPSA) is 38.2 Å². The third-order valence-corrected chi connectivity index (χ3v) is 4.33. The number of hydrogen-bond donors (Lipinski definition) is 0. The van der Waals surface area contributed by atoms with Crippen LogP contribution in [-0.2, 0) is 4.74 Å². The quantitative estimate of drug-likeness (QED) is 0.852. The summed E-state index contributed by atoms with van der Waals surface area (Å²) in [5.74, 6) is 1.58. The molecule has 20 heavy (non-hydrogen) atoms. The molecule has 0 spiro atoms. The van der Waals surface area contributed by atoms with Crippen molar-refractivity contribution in [3.63, 3.8) is 0 Å². The van der Waals surface area contributed by atoms with E-state index in [0.717, 1.165) is 43.9 Å². The van der Waals surface area contributed by atoms with Gasteiger partial charge in [-0.1, -0.05) is 12.8 Å². The van der Waals surface area contributed by atoms with Crippen LogP contribution in [0.2, 0.25) is 0 Å². The molecule has 0 aromatic carbocycles. The fourth-order valence-corrected chi connectivity index (χ4v) is 3.34. The summed E-state index contributed by atoms with van der Waals surface area (Å²) in [6, 6.07) is 2.07. The second kappa shape index (κ2) is 6.04. The van der Waals surface area contributed by atoms with E-state index >= 15 is 0 Å². The minimum absolute atomic E-state index is 0.0650. The minimum Gasteiger partial charge on any atom is -0.379 e. The lowest BCUT2D eigenvalue weighted by atomic mass is 9.91. The standard InChI is InChI=1S/C15H22FN3O/c1-11-17-8-6-15(18-11)19(12-7-9-20-10-12)14-5-3-2-4-13(14)16/h6,8,12-14H,2-5,7,9-10H2,1H3/t12?,13-,14-/m1/s1. The molecule has 0 bridgehead atoms. The average molecular weight is 279 g/mol. The lowest BCUT2D eigenvalue weighted by Gasteiger charge is -2.40. The van der Waals surface area contributed by atoms with Crippen molar-refractivity contribution in [1.82, 2.24) is 9.97 Å². The fourth-order valence-electron chi connectivity index (χ4n) is 3.34. The van der Waals surface area contributed by atoms with E-state index in [0.29, 0.717) is 13.0 Å². The highest BCUT2D eigenvalue weighted by atomic mass is 19.1. The van der Waals surface area contributed by atoms with Crippen molar-refractivity contribution < 1.29 is 9.13 Å². The Kier molecular flexibility index (Phi) is 4.15. The molecule has 4 nitrogen and oxygen atoms in total. The smallest absolute Gasteiger partial charge is 0.132 e. The normalized spacial score (nSPS) is 30.4. The average Bonchev–Trinajstić information content (AvgIpc) is 2.95. The molecule has 2 heterocycles. The van der Waals surface area contributed by atoms with E-state index in [1.54, 1.807) is 6.20 Å². The van der Waals surface area contributed by atoms with Crippen molar-refractivity contribution >= 4 is 5.82 Å². The van der Waals surface area contributed by atoms with Crippen LogP contribution < -0.4 is 4.90 Å². The van der Waals surface area contributed by atoms with Gasteiger partial charge in [0.2, 0.25) is 0 Å². The molecule has 0 radical (unpaired) electrons. The van der Waals surface area contributed by atoms with Crippen LogP contribution in [0.5, 0.6) is 0 Å². The predicted octanol–water partition coefficient (Wildman–Crippen LogP) is 2.66. The Hall–Kier alpha value is -1.23. The predicted molar refractivity (Wildman–Crippen MR) is 75.6 cm³/mol. The Bertz CT molecular complexity index is 450. The molecule has 5 heteroatoms. The molecule has 2 fully saturated rings. The summed E-state index contributed by atoms with van der Waals surface area (Å²) in [5.41, 5.74) is 0. The molecule has 110 valence electrons. The Morgan fingerprint density at radius 1 is 1.30 bits per heavy atom. The Labute approximate surface area is 119 Å². The lowest BCUT2D eigenvalue weighted by molar-refractivity contribution is 0.177. The van der Waals surface area contributed by atoms with Crippen molar-refractivity contribution in [3.05, 3.63) is 18.1 Å². The van der Waals surface area contributed by atoms with Gasteiger partial charge >= 0.3 is 0 Å². The van der Waals surface area contributed by atoms with Crippen LogP contribution in [0.3, 0.4) is 0 Å². The first-order valence-corrected chi connectivity index (χ1v) is 7.55. The number of ether oxygens (including phenoxy) is 1. The van der Waals surface area contributed by atoms with Gasteiger partial charge in [-0.2, -0.15) is 0 Å². The number of nitrogens with zero attached hydrogens (tertiary/aromatic N) is 3. The van der Waals surface area contributed by atoms with E-state index in [1.165, 1.54) is 0 Å². The number of hydrogen-bond acceptors (Lipinski definition) is 4. The number of aryl methyl sites for hydroxylation is 1. The van der Waals surface area contributed by atoms with Crippen molar-refractivity contribution in [2.45, 2.75) is 57.3 Å². The van der Waals surface area contributed by atoms with E-state index < -0.39 is 6.17 Å². The minimum atomic E-state index is -0.764. The van der Waals surface area contributed by atoms with E-state index in [9.17, 15) is 4.39 Å². The van der Waals surface area contributed by atoms with Gasteiger partial charge < -0.3 is 9.64 Å². The van der Waals surface area contributed by atoms with Gasteiger partial charge in [0.25, 0.3) is 0 Å². The van der Waals surface area contributed by atoms with Crippen LogP contribution in [0.4, 0.5) is 10.2 Å². The second-order valence-electron chi connectivity index (χ2n) is 5.75. The zero-order valence-corrected chi connectivity index (χ0v) is 12.0. The van der Waals surface area contributed by atoms with Crippen molar-refractivity contribution in [3.8, 4) is 0 Å². The van der Waals surface area contributed by atoms with Gasteiger partial charge in [0.05, 0.1) is 18.7 Å². The van der Waals surface area contributed by atoms with Crippen LogP contribution in [0, 0.1) is 6.92 Å². The molecular formula is C15H22FN3O. The summed E-state index contributed by atoms with van der Waals surface area (Å²) in [4.78, 5) is 10.8. The molecular weight excluding hydrogens is 257 g/mol. The molecule has 1 unspecified atom stereocenters. The molecule has 1 aliphatic heterocycles. The molecule has 0 amide bonds.